The number of rotatable bonds is 4. The van der Waals surface area contributed by atoms with Gasteiger partial charge in [0.25, 0.3) is 10.0 Å². The van der Waals surface area contributed by atoms with Gasteiger partial charge in [-0.05, 0) is 50.2 Å². The second kappa shape index (κ2) is 5.97. The first-order chi connectivity index (χ1) is 9.43. The second-order valence-electron chi connectivity index (χ2n) is 4.68. The highest BCUT2D eigenvalue weighted by molar-refractivity contribution is 9.10. The topological polar surface area (TPSA) is 37.4 Å². The predicted molar refractivity (Wildman–Crippen MR) is 85.4 cm³/mol. The molecule has 0 saturated carbocycles. The molecule has 0 aliphatic rings. The van der Waals surface area contributed by atoms with Crippen molar-refractivity contribution in [3.63, 3.8) is 0 Å². The van der Waals surface area contributed by atoms with Crippen LogP contribution in [0, 0.1) is 0 Å². The van der Waals surface area contributed by atoms with Crippen LogP contribution in [-0.2, 0) is 10.0 Å². The number of hydrogen-bond acceptors (Lipinski definition) is 2. The molecule has 0 aromatic heterocycles. The van der Waals surface area contributed by atoms with Gasteiger partial charge in [-0.3, -0.25) is 4.31 Å². The van der Waals surface area contributed by atoms with E-state index in [1.165, 1.54) is 4.31 Å². The Morgan fingerprint density at radius 3 is 2.00 bits per heavy atom. The van der Waals surface area contributed by atoms with Gasteiger partial charge in [0.05, 0.1) is 10.6 Å². The molecule has 0 saturated heterocycles. The lowest BCUT2D eigenvalue weighted by molar-refractivity contribution is 0.584. The molecule has 20 heavy (non-hydrogen) atoms. The number of benzene rings is 2. The van der Waals surface area contributed by atoms with Crippen LogP contribution in [0.25, 0.3) is 0 Å². The van der Waals surface area contributed by atoms with Gasteiger partial charge in [-0.25, -0.2) is 8.42 Å². The van der Waals surface area contributed by atoms with E-state index in [4.69, 9.17) is 0 Å². The van der Waals surface area contributed by atoms with Crippen LogP contribution < -0.4 is 4.31 Å². The lowest BCUT2D eigenvalue weighted by atomic mass is 10.3. The number of nitrogens with zero attached hydrogens (tertiary/aromatic N) is 1. The second-order valence-corrected chi connectivity index (χ2v) is 7.41. The van der Waals surface area contributed by atoms with Crippen molar-refractivity contribution in [2.75, 3.05) is 4.31 Å². The molecule has 0 spiro atoms. The normalized spacial score (nSPS) is 11.6. The van der Waals surface area contributed by atoms with Crippen LogP contribution in [0.2, 0.25) is 0 Å². The predicted octanol–water partition coefficient (Wildman–Crippen LogP) is 4.05. The third-order valence-corrected chi connectivity index (χ3v) is 5.40. The zero-order valence-electron chi connectivity index (χ0n) is 11.3. The van der Waals surface area contributed by atoms with Crippen molar-refractivity contribution >= 4 is 31.6 Å². The number of halogens is 1. The van der Waals surface area contributed by atoms with E-state index in [2.05, 4.69) is 15.9 Å². The van der Waals surface area contributed by atoms with Gasteiger partial charge in [0, 0.05) is 10.5 Å². The van der Waals surface area contributed by atoms with Crippen LogP contribution >= 0.6 is 15.9 Å². The molecule has 0 radical (unpaired) electrons. The third kappa shape index (κ3) is 3.04. The Morgan fingerprint density at radius 2 is 1.50 bits per heavy atom. The zero-order valence-corrected chi connectivity index (χ0v) is 13.7. The Bertz CT molecular complexity index is 667. The smallest absolute Gasteiger partial charge is 0.264 e. The van der Waals surface area contributed by atoms with Crippen LogP contribution in [0.3, 0.4) is 0 Å². The minimum Gasteiger partial charge on any atom is -0.264 e. The van der Waals surface area contributed by atoms with Crippen molar-refractivity contribution in [1.29, 1.82) is 0 Å². The summed E-state index contributed by atoms with van der Waals surface area (Å²) in [7, 11) is -3.56. The first kappa shape index (κ1) is 15.1. The molecule has 5 heteroatoms. The third-order valence-electron chi connectivity index (χ3n) is 2.85. The highest BCUT2D eigenvalue weighted by Gasteiger charge is 2.27. The van der Waals surface area contributed by atoms with E-state index in [-0.39, 0.29) is 6.04 Å². The molecule has 0 unspecified atom stereocenters. The molecule has 0 aliphatic heterocycles. The van der Waals surface area contributed by atoms with Crippen molar-refractivity contribution in [1.82, 2.24) is 0 Å². The van der Waals surface area contributed by atoms with Crippen molar-refractivity contribution in [3.05, 3.63) is 59.1 Å². The summed E-state index contributed by atoms with van der Waals surface area (Å²) in [6.07, 6.45) is 0. The van der Waals surface area contributed by atoms with Gasteiger partial charge in [-0.15, -0.1) is 0 Å². The molecule has 0 N–H and O–H groups in total. The van der Waals surface area contributed by atoms with E-state index < -0.39 is 10.0 Å². The molecular formula is C15H16BrNO2S. The summed E-state index contributed by atoms with van der Waals surface area (Å²) >= 11 is 3.31. The molecule has 0 atom stereocenters. The van der Waals surface area contributed by atoms with Crippen LogP contribution in [-0.4, -0.2) is 14.5 Å². The van der Waals surface area contributed by atoms with Gasteiger partial charge >= 0.3 is 0 Å². The molecule has 0 amide bonds. The standard InChI is InChI=1S/C15H16BrNO2S/c1-12(2)17(14-6-4-3-5-7-14)20(18,19)15-10-8-13(16)9-11-15/h3-12H,1-2H3. The Balaban J connectivity index is 2.51. The van der Waals surface area contributed by atoms with Gasteiger partial charge in [-0.2, -0.15) is 0 Å². The van der Waals surface area contributed by atoms with Crippen molar-refractivity contribution in [3.8, 4) is 0 Å². The van der Waals surface area contributed by atoms with Crippen molar-refractivity contribution < 1.29 is 8.42 Å². The summed E-state index contributed by atoms with van der Waals surface area (Å²) in [5.74, 6) is 0. The van der Waals surface area contributed by atoms with Gasteiger partial charge in [-0.1, -0.05) is 34.1 Å². The van der Waals surface area contributed by atoms with E-state index in [0.717, 1.165) is 4.47 Å². The van der Waals surface area contributed by atoms with Gasteiger partial charge in [0.1, 0.15) is 0 Å². The lowest BCUT2D eigenvalue weighted by Gasteiger charge is -2.28. The van der Waals surface area contributed by atoms with Gasteiger partial charge in [0.2, 0.25) is 0 Å². The molecular weight excluding hydrogens is 338 g/mol. The summed E-state index contributed by atoms with van der Waals surface area (Å²) < 4.78 is 27.9. The Hall–Kier alpha value is -1.33. The average Bonchev–Trinajstić information content (AvgIpc) is 2.39. The molecule has 2 rings (SSSR count). The van der Waals surface area contributed by atoms with E-state index in [1.54, 1.807) is 36.4 Å². The number of para-hydroxylation sites is 1. The van der Waals surface area contributed by atoms with Crippen molar-refractivity contribution in [2.45, 2.75) is 24.8 Å². The molecule has 3 nitrogen and oxygen atoms in total. The Kier molecular flexibility index (Phi) is 4.50. The largest absolute Gasteiger partial charge is 0.264 e. The highest BCUT2D eigenvalue weighted by Crippen LogP contribution is 2.26. The fraction of sp³-hybridized carbons (Fsp3) is 0.200. The highest BCUT2D eigenvalue weighted by atomic mass is 79.9. The maximum atomic E-state index is 12.8. The molecule has 2 aromatic carbocycles. The summed E-state index contributed by atoms with van der Waals surface area (Å²) in [5.41, 5.74) is 0.672. The maximum absolute atomic E-state index is 12.8. The van der Waals surface area contributed by atoms with Crippen LogP contribution in [0.4, 0.5) is 5.69 Å². The summed E-state index contributed by atoms with van der Waals surface area (Å²) in [4.78, 5) is 0.290. The van der Waals surface area contributed by atoms with Crippen LogP contribution in [0.5, 0.6) is 0 Å². The molecule has 0 aliphatic carbocycles. The Labute approximate surface area is 128 Å². The lowest BCUT2D eigenvalue weighted by Crippen LogP contribution is -2.36. The van der Waals surface area contributed by atoms with E-state index in [1.807, 2.05) is 32.0 Å². The number of sulfonamides is 1. The molecule has 0 bridgehead atoms. The fourth-order valence-electron chi connectivity index (χ4n) is 2.01. The van der Waals surface area contributed by atoms with Gasteiger partial charge < -0.3 is 0 Å². The van der Waals surface area contributed by atoms with Crippen LogP contribution in [0.15, 0.2) is 64.0 Å². The van der Waals surface area contributed by atoms with E-state index in [0.29, 0.717) is 10.6 Å². The summed E-state index contributed by atoms with van der Waals surface area (Å²) in [6.45, 7) is 3.73. The molecule has 0 fully saturated rings. The Morgan fingerprint density at radius 1 is 0.950 bits per heavy atom. The molecule has 2 aromatic rings. The fourth-order valence-corrected chi connectivity index (χ4v) is 3.94. The van der Waals surface area contributed by atoms with Crippen LogP contribution in [0.1, 0.15) is 13.8 Å². The quantitative estimate of drug-likeness (QED) is 0.831. The summed E-state index contributed by atoms with van der Waals surface area (Å²) in [5, 5.41) is 0. The first-order valence-electron chi connectivity index (χ1n) is 6.28. The molecule has 0 heterocycles. The van der Waals surface area contributed by atoms with E-state index in [9.17, 15) is 8.42 Å². The molecule has 106 valence electrons. The van der Waals surface area contributed by atoms with Gasteiger partial charge in [0.15, 0.2) is 0 Å². The summed E-state index contributed by atoms with van der Waals surface area (Å²) in [6, 6.07) is 15.7. The minimum atomic E-state index is -3.56. The number of hydrogen-bond donors (Lipinski definition) is 0. The first-order valence-corrected chi connectivity index (χ1v) is 8.51. The van der Waals surface area contributed by atoms with E-state index >= 15 is 0 Å². The maximum Gasteiger partial charge on any atom is 0.264 e. The monoisotopic (exact) mass is 353 g/mol. The number of anilines is 1. The zero-order chi connectivity index (χ0) is 14.8. The minimum absolute atomic E-state index is 0.161. The SMILES string of the molecule is CC(C)N(c1ccccc1)S(=O)(=O)c1ccc(Br)cc1. The van der Waals surface area contributed by atoms with Crippen molar-refractivity contribution in [2.24, 2.45) is 0 Å². The average molecular weight is 354 g/mol.